The van der Waals surface area contributed by atoms with Crippen molar-refractivity contribution in [1.29, 1.82) is 0 Å². The van der Waals surface area contributed by atoms with Crippen molar-refractivity contribution in [3.63, 3.8) is 0 Å². The lowest BCUT2D eigenvalue weighted by molar-refractivity contribution is -0.161. The molecule has 190 valence electrons. The molecule has 3 N–H and O–H groups in total. The van der Waals surface area contributed by atoms with Gasteiger partial charge in [-0.05, 0) is 135 Å². The van der Waals surface area contributed by atoms with Crippen LogP contribution >= 0.6 is 0 Å². The second-order valence-corrected chi connectivity index (χ2v) is 15.3. The van der Waals surface area contributed by atoms with Crippen LogP contribution in [0, 0.1) is 50.7 Å². The lowest BCUT2D eigenvalue weighted by Crippen LogP contribution is -2.57. The summed E-state index contributed by atoms with van der Waals surface area (Å²) in [4.78, 5) is 0. The van der Waals surface area contributed by atoms with E-state index >= 15 is 0 Å². The largest absolute Gasteiger partial charge is 0.393 e. The van der Waals surface area contributed by atoms with Gasteiger partial charge in [-0.3, -0.25) is 0 Å². The minimum absolute atomic E-state index is 0.0718. The maximum absolute atomic E-state index is 10.8. The van der Waals surface area contributed by atoms with E-state index in [1.807, 2.05) is 0 Å². The summed E-state index contributed by atoms with van der Waals surface area (Å²) in [7, 11) is 0. The molecule has 0 aliphatic heterocycles. The number of aliphatic hydroxyl groups excluding tert-OH is 2. The predicted octanol–water partition coefficient (Wildman–Crippen LogP) is 6.33. The maximum Gasteiger partial charge on any atom is 0.0849 e. The van der Waals surface area contributed by atoms with E-state index in [0.717, 1.165) is 24.7 Å². The number of aliphatic hydroxyl groups is 3. The summed E-state index contributed by atoms with van der Waals surface area (Å²) < 4.78 is 0. The first-order chi connectivity index (χ1) is 15.2. The van der Waals surface area contributed by atoms with Gasteiger partial charge >= 0.3 is 0 Å². The first-order valence-corrected chi connectivity index (χ1v) is 14.2. The second kappa shape index (κ2) is 7.22. The Morgan fingerprint density at radius 3 is 2.12 bits per heavy atom. The molecular weight excluding hydrogens is 408 g/mol. The zero-order valence-corrected chi connectivity index (χ0v) is 22.6. The molecule has 0 amide bonds. The molecule has 0 bridgehead atoms. The number of rotatable bonds is 5. The Labute approximate surface area is 203 Å². The third kappa shape index (κ3) is 3.03. The highest BCUT2D eigenvalue weighted by Crippen LogP contribution is 2.89. The fourth-order valence-electron chi connectivity index (χ4n) is 11.3. The average Bonchev–Trinajstić information content (AvgIpc) is 3.31. The van der Waals surface area contributed by atoms with Gasteiger partial charge in [-0.15, -0.1) is 0 Å². The van der Waals surface area contributed by atoms with Gasteiger partial charge in [-0.25, -0.2) is 0 Å². The molecule has 0 aromatic heterocycles. The molecule has 2 unspecified atom stereocenters. The number of hydrogen-bond acceptors (Lipinski definition) is 3. The molecule has 0 aromatic rings. The molecule has 0 heterocycles. The van der Waals surface area contributed by atoms with Gasteiger partial charge in [-0.1, -0.05) is 34.6 Å². The molecule has 0 saturated heterocycles. The average molecular weight is 461 g/mol. The molecule has 5 aliphatic carbocycles. The molecule has 2 spiro atoms. The Bertz CT molecular complexity index is 784. The molecule has 5 aliphatic rings. The van der Waals surface area contributed by atoms with Crippen LogP contribution in [0.1, 0.15) is 119 Å². The van der Waals surface area contributed by atoms with Gasteiger partial charge in [0.25, 0.3) is 0 Å². The fraction of sp³-hybridized carbons (Fsp3) is 1.00. The first-order valence-electron chi connectivity index (χ1n) is 14.2. The van der Waals surface area contributed by atoms with E-state index in [1.54, 1.807) is 13.8 Å². The molecule has 0 radical (unpaired) electrons. The first kappa shape index (κ1) is 24.6. The monoisotopic (exact) mass is 460 g/mol. The van der Waals surface area contributed by atoms with Crippen LogP contribution in [0.3, 0.4) is 0 Å². The van der Waals surface area contributed by atoms with Gasteiger partial charge in [0.1, 0.15) is 0 Å². The summed E-state index contributed by atoms with van der Waals surface area (Å²) in [6, 6.07) is 0. The molecular formula is C30H52O3. The van der Waals surface area contributed by atoms with Crippen LogP contribution in [0.2, 0.25) is 0 Å². The van der Waals surface area contributed by atoms with Crippen LogP contribution in [0.15, 0.2) is 0 Å². The van der Waals surface area contributed by atoms with Gasteiger partial charge in [-0.2, -0.15) is 0 Å². The normalized spacial score (nSPS) is 52.2. The van der Waals surface area contributed by atoms with E-state index in [1.165, 1.54) is 51.4 Å². The third-order valence-corrected chi connectivity index (χ3v) is 13.6. The quantitative estimate of drug-likeness (QED) is 0.449. The predicted molar refractivity (Wildman–Crippen MR) is 134 cm³/mol. The molecule has 0 aromatic carbocycles. The standard InChI is InChI=1S/C30H52O3/c1-19(8-11-24(32)26(4,5)33)20-12-14-28(7)22-10-9-21-25(2,3)23(31)13-15-29(21)18-30(22,29)17-16-27(20,28)6/h19-24,31-33H,8-18H2,1-7H3/t19-,20?,21+,22+,23+,24+,27-,28+,29-,30?/m1/s1. The summed E-state index contributed by atoms with van der Waals surface area (Å²) in [6.07, 6.45) is 12.8. The minimum Gasteiger partial charge on any atom is -0.393 e. The molecule has 5 fully saturated rings. The Morgan fingerprint density at radius 1 is 0.818 bits per heavy atom. The molecule has 5 saturated carbocycles. The van der Waals surface area contributed by atoms with Crippen molar-refractivity contribution < 1.29 is 15.3 Å². The van der Waals surface area contributed by atoms with Gasteiger partial charge < -0.3 is 15.3 Å². The summed E-state index contributed by atoms with van der Waals surface area (Å²) in [5, 5.41) is 31.5. The van der Waals surface area contributed by atoms with E-state index in [0.29, 0.717) is 39.9 Å². The fourth-order valence-corrected chi connectivity index (χ4v) is 11.3. The SMILES string of the molecule is C[C@H](CC[C@H](O)C(C)(C)O)C1CC[C@@]2(C)[C@@H]3CC[C@H]4C(C)(C)[C@@H](O)CC[C@@]45CC35CC[C@]12C. The number of hydrogen-bond donors (Lipinski definition) is 3. The van der Waals surface area contributed by atoms with Crippen LogP contribution in [-0.2, 0) is 0 Å². The van der Waals surface area contributed by atoms with Gasteiger partial charge in [0, 0.05) is 0 Å². The van der Waals surface area contributed by atoms with Crippen molar-refractivity contribution in [2.24, 2.45) is 50.7 Å². The Kier molecular flexibility index (Phi) is 5.38. The lowest BCUT2D eigenvalue weighted by atomic mass is 9.41. The lowest BCUT2D eigenvalue weighted by Gasteiger charge is -2.63. The Hall–Kier alpha value is -0.120. The van der Waals surface area contributed by atoms with Gasteiger partial charge in [0.05, 0.1) is 17.8 Å². The molecule has 5 rings (SSSR count). The molecule has 3 heteroatoms. The topological polar surface area (TPSA) is 60.7 Å². The van der Waals surface area contributed by atoms with Crippen molar-refractivity contribution >= 4 is 0 Å². The summed E-state index contributed by atoms with van der Waals surface area (Å²) in [5.74, 6) is 2.88. The second-order valence-electron chi connectivity index (χ2n) is 15.3. The van der Waals surface area contributed by atoms with Crippen molar-refractivity contribution in [3.8, 4) is 0 Å². The van der Waals surface area contributed by atoms with Crippen molar-refractivity contribution in [3.05, 3.63) is 0 Å². The van der Waals surface area contributed by atoms with Gasteiger partial charge in [0.15, 0.2) is 0 Å². The molecule has 10 atom stereocenters. The van der Waals surface area contributed by atoms with Crippen molar-refractivity contribution in [2.45, 2.75) is 137 Å². The van der Waals surface area contributed by atoms with Gasteiger partial charge in [0.2, 0.25) is 0 Å². The van der Waals surface area contributed by atoms with Crippen molar-refractivity contribution in [1.82, 2.24) is 0 Å². The van der Waals surface area contributed by atoms with E-state index in [-0.39, 0.29) is 11.5 Å². The van der Waals surface area contributed by atoms with Crippen LogP contribution in [0.25, 0.3) is 0 Å². The van der Waals surface area contributed by atoms with E-state index in [4.69, 9.17) is 0 Å². The van der Waals surface area contributed by atoms with Crippen LogP contribution in [0.5, 0.6) is 0 Å². The van der Waals surface area contributed by atoms with Crippen molar-refractivity contribution in [2.75, 3.05) is 0 Å². The summed E-state index contributed by atoms with van der Waals surface area (Å²) >= 11 is 0. The highest BCUT2D eigenvalue weighted by Gasteiger charge is 2.82. The van der Waals surface area contributed by atoms with E-state index < -0.39 is 11.7 Å². The maximum atomic E-state index is 10.8. The zero-order valence-electron chi connectivity index (χ0n) is 22.6. The van der Waals surface area contributed by atoms with Crippen LogP contribution < -0.4 is 0 Å². The van der Waals surface area contributed by atoms with E-state index in [2.05, 4.69) is 34.6 Å². The smallest absolute Gasteiger partial charge is 0.0849 e. The molecule has 3 nitrogen and oxygen atoms in total. The third-order valence-electron chi connectivity index (χ3n) is 13.6. The zero-order chi connectivity index (χ0) is 24.2. The van der Waals surface area contributed by atoms with E-state index in [9.17, 15) is 15.3 Å². The van der Waals surface area contributed by atoms with Crippen LogP contribution in [-0.4, -0.2) is 33.1 Å². The molecule has 33 heavy (non-hydrogen) atoms. The highest BCUT2D eigenvalue weighted by atomic mass is 16.3. The summed E-state index contributed by atoms with van der Waals surface area (Å²) in [5.41, 5.74) is 0.949. The van der Waals surface area contributed by atoms with Crippen LogP contribution in [0.4, 0.5) is 0 Å². The Balaban J connectivity index is 1.37. The summed E-state index contributed by atoms with van der Waals surface area (Å²) in [6.45, 7) is 15.9. The highest BCUT2D eigenvalue weighted by molar-refractivity contribution is 5.30. The minimum atomic E-state index is -1.01. The Morgan fingerprint density at radius 2 is 1.45 bits per heavy atom. The number of fused-ring (bicyclic) bond motifs is 2.